The van der Waals surface area contributed by atoms with E-state index in [0.717, 1.165) is 44.7 Å². The average Bonchev–Trinajstić information content (AvgIpc) is 2.87. The number of nitrogens with zero attached hydrogens (tertiary/aromatic N) is 3. The number of aromatic nitrogens is 2. The van der Waals surface area contributed by atoms with Gasteiger partial charge in [-0.25, -0.2) is 4.98 Å². The number of piperidine rings is 1. The molecule has 0 amide bonds. The van der Waals surface area contributed by atoms with Crippen LogP contribution in [0.25, 0.3) is 0 Å². The second-order valence-corrected chi connectivity index (χ2v) is 5.37. The third kappa shape index (κ3) is 2.60. The van der Waals surface area contributed by atoms with Gasteiger partial charge in [0.25, 0.3) is 0 Å². The van der Waals surface area contributed by atoms with Gasteiger partial charge in [-0.1, -0.05) is 13.3 Å². The molecule has 1 N–H and O–H groups in total. The van der Waals surface area contributed by atoms with Crippen molar-refractivity contribution in [1.82, 2.24) is 9.55 Å². The molecule has 106 valence electrons. The molecule has 2 heterocycles. The maximum atomic E-state index is 11.7. The zero-order valence-corrected chi connectivity index (χ0v) is 11.8. The number of aliphatic carboxylic acids is 1. The lowest BCUT2D eigenvalue weighted by Crippen LogP contribution is -2.48. The van der Waals surface area contributed by atoms with E-state index in [1.54, 1.807) is 6.20 Å². The van der Waals surface area contributed by atoms with Gasteiger partial charge in [0.15, 0.2) is 0 Å². The number of carbonyl (C=O) groups is 1. The van der Waals surface area contributed by atoms with Crippen LogP contribution in [-0.2, 0) is 11.3 Å². The predicted octanol–water partition coefficient (Wildman–Crippen LogP) is 2.37. The zero-order valence-electron chi connectivity index (χ0n) is 11.8. The van der Waals surface area contributed by atoms with Crippen LogP contribution in [0.15, 0.2) is 12.4 Å². The summed E-state index contributed by atoms with van der Waals surface area (Å²) in [5.41, 5.74) is -0.600. The molecule has 0 saturated carbocycles. The van der Waals surface area contributed by atoms with Crippen molar-refractivity contribution >= 4 is 11.9 Å². The first kappa shape index (κ1) is 13.9. The summed E-state index contributed by atoms with van der Waals surface area (Å²) in [5.74, 6) is 0.248. The smallest absolute Gasteiger partial charge is 0.311 e. The van der Waals surface area contributed by atoms with E-state index in [1.165, 1.54) is 0 Å². The van der Waals surface area contributed by atoms with E-state index >= 15 is 0 Å². The van der Waals surface area contributed by atoms with Crippen LogP contribution in [0.1, 0.15) is 39.5 Å². The van der Waals surface area contributed by atoms with Crippen LogP contribution >= 0.6 is 0 Å². The minimum Gasteiger partial charge on any atom is -0.481 e. The number of aryl methyl sites for hydroxylation is 1. The summed E-state index contributed by atoms with van der Waals surface area (Å²) < 4.78 is 2.07. The predicted molar refractivity (Wildman–Crippen MR) is 74.3 cm³/mol. The van der Waals surface area contributed by atoms with E-state index in [0.29, 0.717) is 6.54 Å². The summed E-state index contributed by atoms with van der Waals surface area (Å²) in [6.07, 6.45) is 7.08. The highest BCUT2D eigenvalue weighted by Crippen LogP contribution is 2.36. The van der Waals surface area contributed by atoms with Crippen molar-refractivity contribution in [2.75, 3.05) is 18.0 Å². The molecule has 0 bridgehead atoms. The van der Waals surface area contributed by atoms with Crippen molar-refractivity contribution in [2.45, 2.75) is 46.1 Å². The number of carboxylic acids is 1. The molecular weight excluding hydrogens is 242 g/mol. The number of hydrogen-bond acceptors (Lipinski definition) is 3. The van der Waals surface area contributed by atoms with Crippen LogP contribution in [-0.4, -0.2) is 33.7 Å². The Morgan fingerprint density at radius 3 is 2.95 bits per heavy atom. The highest BCUT2D eigenvalue weighted by atomic mass is 16.4. The van der Waals surface area contributed by atoms with Crippen LogP contribution < -0.4 is 4.90 Å². The molecule has 5 heteroatoms. The van der Waals surface area contributed by atoms with Gasteiger partial charge in [0.2, 0.25) is 5.95 Å². The second-order valence-electron chi connectivity index (χ2n) is 5.37. The summed E-state index contributed by atoms with van der Waals surface area (Å²) in [4.78, 5) is 18.2. The molecule has 1 unspecified atom stereocenters. The van der Waals surface area contributed by atoms with Gasteiger partial charge in [0.1, 0.15) is 0 Å². The lowest BCUT2D eigenvalue weighted by molar-refractivity contribution is -0.150. The molecule has 1 aromatic heterocycles. The number of imidazole rings is 1. The normalized spacial score (nSPS) is 23.6. The molecule has 1 aromatic rings. The van der Waals surface area contributed by atoms with E-state index in [2.05, 4.69) is 28.3 Å². The molecule has 0 spiro atoms. The van der Waals surface area contributed by atoms with Gasteiger partial charge in [-0.2, -0.15) is 0 Å². The molecule has 19 heavy (non-hydrogen) atoms. The fourth-order valence-corrected chi connectivity index (χ4v) is 3.10. The Kier molecular flexibility index (Phi) is 4.12. The summed E-state index contributed by atoms with van der Waals surface area (Å²) in [7, 11) is 0. The van der Waals surface area contributed by atoms with Gasteiger partial charge in [-0.05, 0) is 26.2 Å². The fourth-order valence-electron chi connectivity index (χ4n) is 3.10. The second kappa shape index (κ2) is 5.63. The molecule has 2 rings (SSSR count). The monoisotopic (exact) mass is 265 g/mol. The summed E-state index contributed by atoms with van der Waals surface area (Å²) >= 11 is 0. The number of hydrogen-bond donors (Lipinski definition) is 1. The van der Waals surface area contributed by atoms with Crippen molar-refractivity contribution in [3.63, 3.8) is 0 Å². The summed E-state index contributed by atoms with van der Waals surface area (Å²) in [6, 6.07) is 0. The van der Waals surface area contributed by atoms with E-state index in [9.17, 15) is 9.90 Å². The summed E-state index contributed by atoms with van der Waals surface area (Å²) in [6.45, 7) is 6.46. The quantitative estimate of drug-likeness (QED) is 0.888. The number of anilines is 1. The molecule has 1 atom stereocenters. The van der Waals surface area contributed by atoms with Crippen molar-refractivity contribution in [3.8, 4) is 0 Å². The third-order valence-electron chi connectivity index (χ3n) is 4.08. The van der Waals surface area contributed by atoms with E-state index in [-0.39, 0.29) is 0 Å². The van der Waals surface area contributed by atoms with Gasteiger partial charge in [0.05, 0.1) is 5.41 Å². The molecule has 1 aliphatic heterocycles. The van der Waals surface area contributed by atoms with Gasteiger partial charge in [-0.3, -0.25) is 4.79 Å². The minimum absolute atomic E-state index is 0.577. The van der Waals surface area contributed by atoms with Crippen LogP contribution in [0.5, 0.6) is 0 Å². The lowest BCUT2D eigenvalue weighted by Gasteiger charge is -2.40. The molecule has 5 nitrogen and oxygen atoms in total. The Labute approximate surface area is 114 Å². The number of rotatable bonds is 5. The largest absolute Gasteiger partial charge is 0.481 e. The van der Waals surface area contributed by atoms with E-state index in [1.807, 2.05) is 6.20 Å². The SMILES string of the molecule is CCCC1(C(=O)O)CCCN(c2nccn2CC)C1. The highest BCUT2D eigenvalue weighted by Gasteiger charge is 2.42. The van der Waals surface area contributed by atoms with Gasteiger partial charge in [0, 0.05) is 32.0 Å². The first-order chi connectivity index (χ1) is 9.13. The van der Waals surface area contributed by atoms with Crippen LogP contribution in [0.2, 0.25) is 0 Å². The average molecular weight is 265 g/mol. The van der Waals surface area contributed by atoms with Crippen molar-refractivity contribution < 1.29 is 9.90 Å². The van der Waals surface area contributed by atoms with Gasteiger partial charge in [-0.15, -0.1) is 0 Å². The van der Waals surface area contributed by atoms with Crippen molar-refractivity contribution in [2.24, 2.45) is 5.41 Å². The first-order valence-corrected chi connectivity index (χ1v) is 7.12. The molecule has 1 aliphatic rings. The van der Waals surface area contributed by atoms with Gasteiger partial charge >= 0.3 is 5.97 Å². The molecular formula is C14H23N3O2. The summed E-state index contributed by atoms with van der Waals surface area (Å²) in [5, 5.41) is 9.61. The molecule has 0 aliphatic carbocycles. The fraction of sp³-hybridized carbons (Fsp3) is 0.714. The first-order valence-electron chi connectivity index (χ1n) is 7.12. The van der Waals surface area contributed by atoms with Crippen LogP contribution in [0.3, 0.4) is 0 Å². The maximum Gasteiger partial charge on any atom is 0.311 e. The Morgan fingerprint density at radius 1 is 1.53 bits per heavy atom. The Hall–Kier alpha value is -1.52. The maximum absolute atomic E-state index is 11.7. The van der Waals surface area contributed by atoms with Crippen molar-refractivity contribution in [1.29, 1.82) is 0 Å². The molecule has 1 saturated heterocycles. The standard InChI is InChI=1S/C14H23N3O2/c1-3-6-14(12(18)19)7-5-9-17(11-14)13-15-8-10-16(13)4-2/h8,10H,3-7,9,11H2,1-2H3,(H,18,19). The third-order valence-corrected chi connectivity index (χ3v) is 4.08. The minimum atomic E-state index is -0.659. The topological polar surface area (TPSA) is 58.4 Å². The molecule has 0 aromatic carbocycles. The Balaban J connectivity index is 2.22. The molecule has 1 fully saturated rings. The molecule has 0 radical (unpaired) electrons. The highest BCUT2D eigenvalue weighted by molar-refractivity contribution is 5.75. The zero-order chi connectivity index (χ0) is 13.9. The Bertz CT molecular complexity index is 440. The number of carboxylic acid groups (broad SMARTS) is 1. The van der Waals surface area contributed by atoms with Gasteiger partial charge < -0.3 is 14.6 Å². The van der Waals surface area contributed by atoms with Crippen LogP contribution in [0.4, 0.5) is 5.95 Å². The lowest BCUT2D eigenvalue weighted by atomic mass is 9.76. The van der Waals surface area contributed by atoms with E-state index in [4.69, 9.17) is 0 Å². The van der Waals surface area contributed by atoms with Crippen molar-refractivity contribution in [3.05, 3.63) is 12.4 Å². The van der Waals surface area contributed by atoms with Crippen LogP contribution in [0, 0.1) is 5.41 Å². The Morgan fingerprint density at radius 2 is 2.32 bits per heavy atom. The van der Waals surface area contributed by atoms with E-state index < -0.39 is 11.4 Å².